The fourth-order valence-electron chi connectivity index (χ4n) is 2.91. The quantitative estimate of drug-likeness (QED) is 0.888. The van der Waals surface area contributed by atoms with Gasteiger partial charge in [-0.15, -0.1) is 0 Å². The molecule has 0 saturated heterocycles. The Labute approximate surface area is 152 Å². The molecule has 1 amide bonds. The average Bonchev–Trinajstić information content (AvgIpc) is 2.55. The van der Waals surface area contributed by atoms with Gasteiger partial charge in [-0.2, -0.15) is 0 Å². The van der Waals surface area contributed by atoms with Gasteiger partial charge in [0.05, 0.1) is 5.75 Å². The van der Waals surface area contributed by atoms with Gasteiger partial charge in [0, 0.05) is 30.7 Å². The third-order valence-electron chi connectivity index (χ3n) is 4.21. The maximum Gasteiger partial charge on any atom is 0.236 e. The molecule has 1 N–H and O–H groups in total. The van der Waals surface area contributed by atoms with Crippen molar-refractivity contribution >= 4 is 33.2 Å². The van der Waals surface area contributed by atoms with Crippen LogP contribution in [0.25, 0.3) is 0 Å². The van der Waals surface area contributed by atoms with Crippen molar-refractivity contribution in [3.05, 3.63) is 64.2 Å². The molecule has 5 nitrogen and oxygen atoms in total. The normalized spacial score (nSPS) is 14.1. The van der Waals surface area contributed by atoms with Gasteiger partial charge >= 0.3 is 0 Å². The molecular weight excluding hydrogens is 360 g/mol. The van der Waals surface area contributed by atoms with Crippen LogP contribution in [0.5, 0.6) is 0 Å². The van der Waals surface area contributed by atoms with Crippen LogP contribution in [0.15, 0.2) is 42.5 Å². The Morgan fingerprint density at radius 1 is 1.16 bits per heavy atom. The van der Waals surface area contributed by atoms with Crippen LogP contribution in [-0.4, -0.2) is 25.8 Å². The van der Waals surface area contributed by atoms with E-state index < -0.39 is 10.0 Å². The molecule has 25 heavy (non-hydrogen) atoms. The lowest BCUT2D eigenvalue weighted by atomic mass is 9.99. The number of carbonyl (C=O) groups excluding carboxylic acids is 1. The molecule has 2 aromatic rings. The molecule has 1 heterocycles. The minimum atomic E-state index is -3.53. The molecule has 0 aromatic heterocycles. The SMILES string of the molecule is CC(=O)N1CCc2ccc(NS(=O)(=O)Cc3ccc(Cl)cc3)cc2C1. The standard InChI is InChI=1S/C18H19ClN2O3S/c1-13(22)21-9-8-15-4-7-18(10-16(15)11-21)20-25(23,24)12-14-2-5-17(19)6-3-14/h2-7,10,20H,8-9,11-12H2,1H3. The number of nitrogens with one attached hydrogen (secondary N) is 1. The minimum Gasteiger partial charge on any atom is -0.338 e. The van der Waals surface area contributed by atoms with Crippen molar-refractivity contribution < 1.29 is 13.2 Å². The molecule has 0 atom stereocenters. The Hall–Kier alpha value is -2.05. The molecule has 132 valence electrons. The van der Waals surface area contributed by atoms with Gasteiger partial charge < -0.3 is 4.90 Å². The fourth-order valence-corrected chi connectivity index (χ4v) is 4.22. The summed E-state index contributed by atoms with van der Waals surface area (Å²) in [5, 5.41) is 0.568. The first-order chi connectivity index (χ1) is 11.8. The summed E-state index contributed by atoms with van der Waals surface area (Å²) in [7, 11) is -3.53. The number of carbonyl (C=O) groups is 1. The lowest BCUT2D eigenvalue weighted by Crippen LogP contribution is -2.34. The van der Waals surface area contributed by atoms with Crippen LogP contribution >= 0.6 is 11.6 Å². The molecule has 0 unspecified atom stereocenters. The first-order valence-corrected chi connectivity index (χ1v) is 9.98. The second-order valence-corrected chi connectivity index (χ2v) is 8.32. The van der Waals surface area contributed by atoms with Crippen LogP contribution in [0, 0.1) is 0 Å². The van der Waals surface area contributed by atoms with Crippen LogP contribution in [0.4, 0.5) is 5.69 Å². The van der Waals surface area contributed by atoms with Crippen molar-refractivity contribution in [2.45, 2.75) is 25.6 Å². The Kier molecular flexibility index (Phi) is 5.01. The molecule has 0 saturated carbocycles. The molecule has 0 radical (unpaired) electrons. The lowest BCUT2D eigenvalue weighted by molar-refractivity contribution is -0.129. The molecule has 3 rings (SSSR count). The summed E-state index contributed by atoms with van der Waals surface area (Å²) in [5.74, 6) is -0.0970. The van der Waals surface area contributed by atoms with Crippen molar-refractivity contribution in [3.63, 3.8) is 0 Å². The number of sulfonamides is 1. The van der Waals surface area contributed by atoms with Gasteiger partial charge in [0.1, 0.15) is 0 Å². The van der Waals surface area contributed by atoms with E-state index in [-0.39, 0.29) is 11.7 Å². The summed E-state index contributed by atoms with van der Waals surface area (Å²) in [6.45, 7) is 2.76. The van der Waals surface area contributed by atoms with E-state index in [0.29, 0.717) is 29.4 Å². The number of hydrogen-bond acceptors (Lipinski definition) is 3. The maximum atomic E-state index is 12.4. The summed E-state index contributed by atoms with van der Waals surface area (Å²) in [6, 6.07) is 12.2. The van der Waals surface area contributed by atoms with Crippen LogP contribution < -0.4 is 4.72 Å². The molecule has 0 spiro atoms. The highest BCUT2D eigenvalue weighted by Gasteiger charge is 2.19. The summed E-state index contributed by atoms with van der Waals surface area (Å²) >= 11 is 5.82. The zero-order valence-corrected chi connectivity index (χ0v) is 15.4. The Morgan fingerprint density at radius 2 is 1.88 bits per heavy atom. The van der Waals surface area contributed by atoms with E-state index in [1.165, 1.54) is 0 Å². The summed E-state index contributed by atoms with van der Waals surface area (Å²) in [5.41, 5.74) is 3.31. The van der Waals surface area contributed by atoms with E-state index in [4.69, 9.17) is 11.6 Å². The molecule has 0 bridgehead atoms. The number of rotatable bonds is 4. The molecule has 1 aliphatic heterocycles. The Bertz CT molecular complexity index is 895. The van der Waals surface area contributed by atoms with E-state index in [2.05, 4.69) is 4.72 Å². The van der Waals surface area contributed by atoms with E-state index in [1.807, 2.05) is 12.1 Å². The van der Waals surface area contributed by atoms with Crippen molar-refractivity contribution in [1.29, 1.82) is 0 Å². The number of benzene rings is 2. The van der Waals surface area contributed by atoms with Gasteiger partial charge in [0.15, 0.2) is 0 Å². The monoisotopic (exact) mass is 378 g/mol. The zero-order valence-electron chi connectivity index (χ0n) is 13.8. The lowest BCUT2D eigenvalue weighted by Gasteiger charge is -2.28. The molecule has 0 aliphatic carbocycles. The van der Waals surface area contributed by atoms with E-state index in [0.717, 1.165) is 17.5 Å². The minimum absolute atomic E-state index is 0.0272. The van der Waals surface area contributed by atoms with Gasteiger partial charge in [-0.3, -0.25) is 9.52 Å². The largest absolute Gasteiger partial charge is 0.338 e. The predicted molar refractivity (Wildman–Crippen MR) is 98.9 cm³/mol. The van der Waals surface area contributed by atoms with Gasteiger partial charge in [-0.05, 0) is 47.4 Å². The highest BCUT2D eigenvalue weighted by atomic mass is 35.5. The second-order valence-electron chi connectivity index (χ2n) is 6.16. The molecular formula is C18H19ClN2O3S. The predicted octanol–water partition coefficient (Wildman–Crippen LogP) is 3.19. The highest BCUT2D eigenvalue weighted by molar-refractivity contribution is 7.91. The number of nitrogens with zero attached hydrogens (tertiary/aromatic N) is 1. The third-order valence-corrected chi connectivity index (χ3v) is 5.72. The van der Waals surface area contributed by atoms with Crippen LogP contribution in [0.2, 0.25) is 5.02 Å². The topological polar surface area (TPSA) is 66.5 Å². The number of fused-ring (bicyclic) bond motifs is 1. The van der Waals surface area contributed by atoms with E-state index in [9.17, 15) is 13.2 Å². The van der Waals surface area contributed by atoms with Gasteiger partial charge in [-0.25, -0.2) is 8.42 Å². The van der Waals surface area contributed by atoms with E-state index in [1.54, 1.807) is 42.2 Å². The Balaban J connectivity index is 1.75. The molecule has 1 aliphatic rings. The maximum absolute atomic E-state index is 12.4. The van der Waals surface area contributed by atoms with Crippen LogP contribution in [-0.2, 0) is 33.5 Å². The van der Waals surface area contributed by atoms with Crippen molar-refractivity contribution in [2.24, 2.45) is 0 Å². The van der Waals surface area contributed by atoms with Gasteiger partial charge in [-0.1, -0.05) is 29.8 Å². The first-order valence-electron chi connectivity index (χ1n) is 7.95. The van der Waals surface area contributed by atoms with Crippen molar-refractivity contribution in [2.75, 3.05) is 11.3 Å². The van der Waals surface area contributed by atoms with Gasteiger partial charge in [0.2, 0.25) is 15.9 Å². The molecule has 0 fully saturated rings. The second kappa shape index (κ2) is 7.06. The molecule has 7 heteroatoms. The van der Waals surface area contributed by atoms with Crippen LogP contribution in [0.1, 0.15) is 23.6 Å². The number of amides is 1. The van der Waals surface area contributed by atoms with Crippen molar-refractivity contribution in [3.8, 4) is 0 Å². The van der Waals surface area contributed by atoms with Crippen LogP contribution in [0.3, 0.4) is 0 Å². The van der Waals surface area contributed by atoms with Gasteiger partial charge in [0.25, 0.3) is 0 Å². The highest BCUT2D eigenvalue weighted by Crippen LogP contribution is 2.24. The van der Waals surface area contributed by atoms with E-state index >= 15 is 0 Å². The summed E-state index contributed by atoms with van der Waals surface area (Å²) in [6.07, 6.45) is 0.784. The number of anilines is 1. The van der Waals surface area contributed by atoms with Crippen molar-refractivity contribution in [1.82, 2.24) is 4.90 Å². The smallest absolute Gasteiger partial charge is 0.236 e. The molecule has 2 aromatic carbocycles. The fraction of sp³-hybridized carbons (Fsp3) is 0.278. The zero-order chi connectivity index (χ0) is 18.0. The average molecular weight is 379 g/mol. The summed E-state index contributed by atoms with van der Waals surface area (Å²) < 4.78 is 27.4. The number of hydrogen-bond donors (Lipinski definition) is 1. The first kappa shape index (κ1) is 17.8. The number of halogens is 1. The third kappa shape index (κ3) is 4.52. The summed E-state index contributed by atoms with van der Waals surface area (Å²) in [4.78, 5) is 13.3. The Morgan fingerprint density at radius 3 is 2.56 bits per heavy atom.